The van der Waals surface area contributed by atoms with Gasteiger partial charge in [0.2, 0.25) is 0 Å². The molecule has 0 amide bonds. The second-order valence-corrected chi connectivity index (χ2v) is 8.10. The van der Waals surface area contributed by atoms with Crippen molar-refractivity contribution in [1.82, 2.24) is 20.4 Å². The average Bonchev–Trinajstić information content (AvgIpc) is 3.27. The normalized spacial score (nSPS) is 28.6. The quantitative estimate of drug-likeness (QED) is 0.595. The summed E-state index contributed by atoms with van der Waals surface area (Å²) in [6, 6.07) is 1.43. The number of rotatable bonds is 5. The standard InChI is InChI=1S/C19H37N5/c1-20-19(21-11-7-16-8-12-23(2)13-9-16)22-17-10-14-24(15-17)18-5-3-4-6-18/h16-18H,3-15H2,1-2H3,(H2,20,21,22). The van der Waals surface area contributed by atoms with Gasteiger partial charge in [-0.05, 0) is 64.6 Å². The molecule has 0 spiro atoms. The third kappa shape index (κ3) is 5.09. The van der Waals surface area contributed by atoms with Crippen LogP contribution in [-0.4, -0.2) is 74.7 Å². The van der Waals surface area contributed by atoms with E-state index in [4.69, 9.17) is 0 Å². The van der Waals surface area contributed by atoms with Crippen molar-refractivity contribution in [2.45, 2.75) is 63.5 Å². The molecular formula is C19H37N5. The summed E-state index contributed by atoms with van der Waals surface area (Å²) in [6.45, 7) is 6.02. The van der Waals surface area contributed by atoms with Gasteiger partial charge in [0.1, 0.15) is 0 Å². The Morgan fingerprint density at radius 1 is 1.04 bits per heavy atom. The van der Waals surface area contributed by atoms with E-state index in [2.05, 4.69) is 32.5 Å². The van der Waals surface area contributed by atoms with Gasteiger partial charge in [-0.3, -0.25) is 9.89 Å². The van der Waals surface area contributed by atoms with Crippen LogP contribution in [0.4, 0.5) is 0 Å². The Balaban J connectivity index is 1.33. The molecule has 1 unspecified atom stereocenters. The molecule has 1 saturated carbocycles. The molecule has 0 aromatic rings. The molecule has 2 heterocycles. The molecule has 5 heteroatoms. The van der Waals surface area contributed by atoms with Crippen LogP contribution in [0.2, 0.25) is 0 Å². The monoisotopic (exact) mass is 335 g/mol. The largest absolute Gasteiger partial charge is 0.356 e. The lowest BCUT2D eigenvalue weighted by Crippen LogP contribution is -2.45. The lowest BCUT2D eigenvalue weighted by atomic mass is 9.94. The molecule has 0 bridgehead atoms. The van der Waals surface area contributed by atoms with Crippen LogP contribution in [0.25, 0.3) is 0 Å². The van der Waals surface area contributed by atoms with Gasteiger partial charge in [-0.2, -0.15) is 0 Å². The number of piperidine rings is 1. The van der Waals surface area contributed by atoms with Crippen molar-refractivity contribution in [3.05, 3.63) is 0 Å². The van der Waals surface area contributed by atoms with Gasteiger partial charge >= 0.3 is 0 Å². The Labute approximate surface area is 148 Å². The zero-order valence-electron chi connectivity index (χ0n) is 15.8. The van der Waals surface area contributed by atoms with Gasteiger partial charge in [0.15, 0.2) is 5.96 Å². The second kappa shape index (κ2) is 9.04. The first-order chi connectivity index (χ1) is 11.7. The summed E-state index contributed by atoms with van der Waals surface area (Å²) < 4.78 is 0. The summed E-state index contributed by atoms with van der Waals surface area (Å²) in [5.41, 5.74) is 0. The molecule has 3 aliphatic rings. The summed E-state index contributed by atoms with van der Waals surface area (Å²) in [5, 5.41) is 7.20. The average molecular weight is 336 g/mol. The van der Waals surface area contributed by atoms with E-state index >= 15 is 0 Å². The first-order valence-corrected chi connectivity index (χ1v) is 10.1. The van der Waals surface area contributed by atoms with Gasteiger partial charge in [-0.25, -0.2) is 0 Å². The predicted octanol–water partition coefficient (Wildman–Crippen LogP) is 1.90. The molecule has 1 atom stereocenters. The number of nitrogens with zero attached hydrogens (tertiary/aromatic N) is 3. The molecule has 0 radical (unpaired) electrons. The van der Waals surface area contributed by atoms with Crippen LogP contribution >= 0.6 is 0 Å². The van der Waals surface area contributed by atoms with E-state index < -0.39 is 0 Å². The Morgan fingerprint density at radius 3 is 2.50 bits per heavy atom. The van der Waals surface area contributed by atoms with Crippen molar-refractivity contribution in [3.8, 4) is 0 Å². The highest BCUT2D eigenvalue weighted by Crippen LogP contribution is 2.26. The molecule has 24 heavy (non-hydrogen) atoms. The molecule has 0 aromatic carbocycles. The zero-order valence-corrected chi connectivity index (χ0v) is 15.8. The minimum Gasteiger partial charge on any atom is -0.356 e. The third-order valence-electron chi connectivity index (χ3n) is 6.31. The van der Waals surface area contributed by atoms with Crippen LogP contribution in [-0.2, 0) is 0 Å². The van der Waals surface area contributed by atoms with Gasteiger partial charge in [-0.1, -0.05) is 12.8 Å². The number of aliphatic imine (C=N–C) groups is 1. The van der Waals surface area contributed by atoms with Gasteiger partial charge in [0.05, 0.1) is 0 Å². The Kier molecular flexibility index (Phi) is 6.78. The molecule has 5 nitrogen and oxygen atoms in total. The van der Waals surface area contributed by atoms with Crippen molar-refractivity contribution < 1.29 is 0 Å². The van der Waals surface area contributed by atoms with Crippen LogP contribution in [0.15, 0.2) is 4.99 Å². The lowest BCUT2D eigenvalue weighted by molar-refractivity contribution is 0.213. The fraction of sp³-hybridized carbons (Fsp3) is 0.947. The number of hydrogen-bond donors (Lipinski definition) is 2. The molecule has 3 rings (SSSR count). The second-order valence-electron chi connectivity index (χ2n) is 8.10. The molecule has 3 fully saturated rings. The number of likely N-dealkylation sites (tertiary alicyclic amines) is 2. The van der Waals surface area contributed by atoms with Gasteiger partial charge < -0.3 is 15.5 Å². The van der Waals surface area contributed by atoms with Gasteiger partial charge in [0, 0.05) is 38.8 Å². The predicted molar refractivity (Wildman–Crippen MR) is 102 cm³/mol. The minimum atomic E-state index is 0.570. The first-order valence-electron chi connectivity index (χ1n) is 10.1. The highest BCUT2D eigenvalue weighted by atomic mass is 15.3. The van der Waals surface area contributed by atoms with Gasteiger partial charge in [0.25, 0.3) is 0 Å². The fourth-order valence-electron chi connectivity index (χ4n) is 4.64. The van der Waals surface area contributed by atoms with Crippen LogP contribution < -0.4 is 10.6 Å². The SMILES string of the molecule is CN=C(NCCC1CCN(C)CC1)NC1CCN(C2CCCC2)C1. The molecule has 2 aliphatic heterocycles. The first kappa shape index (κ1) is 18.0. The van der Waals surface area contributed by atoms with Crippen molar-refractivity contribution in [1.29, 1.82) is 0 Å². The lowest BCUT2D eigenvalue weighted by Gasteiger charge is -2.29. The van der Waals surface area contributed by atoms with E-state index in [9.17, 15) is 0 Å². The maximum atomic E-state index is 4.44. The molecule has 138 valence electrons. The van der Waals surface area contributed by atoms with Crippen molar-refractivity contribution in [3.63, 3.8) is 0 Å². The molecular weight excluding hydrogens is 298 g/mol. The highest BCUT2D eigenvalue weighted by molar-refractivity contribution is 5.79. The van der Waals surface area contributed by atoms with E-state index in [1.807, 2.05) is 7.05 Å². The van der Waals surface area contributed by atoms with Crippen molar-refractivity contribution in [2.24, 2.45) is 10.9 Å². The number of nitrogens with one attached hydrogen (secondary N) is 2. The molecule has 2 N–H and O–H groups in total. The summed E-state index contributed by atoms with van der Waals surface area (Å²) in [4.78, 5) is 9.59. The minimum absolute atomic E-state index is 0.570. The fourth-order valence-corrected chi connectivity index (χ4v) is 4.64. The van der Waals surface area contributed by atoms with E-state index in [0.29, 0.717) is 6.04 Å². The van der Waals surface area contributed by atoms with Gasteiger partial charge in [-0.15, -0.1) is 0 Å². The van der Waals surface area contributed by atoms with Crippen molar-refractivity contribution >= 4 is 5.96 Å². The maximum Gasteiger partial charge on any atom is 0.191 e. The number of hydrogen-bond acceptors (Lipinski definition) is 3. The molecule has 0 aromatic heterocycles. The summed E-state index contributed by atoms with van der Waals surface area (Å²) in [6.07, 6.45) is 10.9. The maximum absolute atomic E-state index is 4.44. The molecule has 2 saturated heterocycles. The van der Waals surface area contributed by atoms with Crippen LogP contribution in [0.3, 0.4) is 0 Å². The van der Waals surface area contributed by atoms with Crippen LogP contribution in [0.1, 0.15) is 51.4 Å². The summed E-state index contributed by atoms with van der Waals surface area (Å²) >= 11 is 0. The van der Waals surface area contributed by atoms with E-state index in [1.54, 1.807) is 0 Å². The Hall–Kier alpha value is -0.810. The topological polar surface area (TPSA) is 42.9 Å². The van der Waals surface area contributed by atoms with Crippen LogP contribution in [0.5, 0.6) is 0 Å². The highest BCUT2D eigenvalue weighted by Gasteiger charge is 2.30. The summed E-state index contributed by atoms with van der Waals surface area (Å²) in [5.74, 6) is 1.89. The van der Waals surface area contributed by atoms with E-state index in [0.717, 1.165) is 24.5 Å². The van der Waals surface area contributed by atoms with Crippen LogP contribution in [0, 0.1) is 5.92 Å². The smallest absolute Gasteiger partial charge is 0.191 e. The summed E-state index contributed by atoms with van der Waals surface area (Å²) in [7, 11) is 4.13. The Morgan fingerprint density at radius 2 is 1.79 bits per heavy atom. The zero-order chi connectivity index (χ0) is 16.8. The van der Waals surface area contributed by atoms with Crippen molar-refractivity contribution in [2.75, 3.05) is 46.8 Å². The Bertz CT molecular complexity index is 397. The third-order valence-corrected chi connectivity index (χ3v) is 6.31. The van der Waals surface area contributed by atoms with E-state index in [1.165, 1.54) is 77.5 Å². The van der Waals surface area contributed by atoms with E-state index in [-0.39, 0.29) is 0 Å². The molecule has 1 aliphatic carbocycles. The number of guanidine groups is 1.